The Hall–Kier alpha value is -2.42. The molecule has 0 spiro atoms. The summed E-state index contributed by atoms with van der Waals surface area (Å²) < 4.78 is 49.4. The molecule has 0 N–H and O–H groups in total. The first-order valence-corrected chi connectivity index (χ1v) is 10.8. The number of ether oxygens (including phenoxy) is 2. The van der Waals surface area contributed by atoms with Crippen molar-refractivity contribution in [2.24, 2.45) is 0 Å². The minimum atomic E-state index is -4.42. The van der Waals surface area contributed by atoms with E-state index in [2.05, 4.69) is 4.98 Å². The van der Waals surface area contributed by atoms with Gasteiger partial charge < -0.3 is 14.4 Å². The van der Waals surface area contributed by atoms with Gasteiger partial charge >= 0.3 is 6.18 Å². The maximum absolute atomic E-state index is 12.8. The van der Waals surface area contributed by atoms with Crippen LogP contribution in [-0.4, -0.2) is 41.3 Å². The van der Waals surface area contributed by atoms with Gasteiger partial charge in [-0.15, -0.1) is 0 Å². The minimum Gasteiger partial charge on any atom is -0.490 e. The monoisotopic (exact) mass is 438 g/mol. The third kappa shape index (κ3) is 4.66. The van der Waals surface area contributed by atoms with Gasteiger partial charge in [-0.3, -0.25) is 4.79 Å². The molecular weight excluding hydrogens is 417 g/mol. The molecular formula is C21H21F3N2O3S. The maximum atomic E-state index is 12.8. The molecule has 4 rings (SSSR count). The fourth-order valence-corrected chi connectivity index (χ4v) is 4.38. The summed E-state index contributed by atoms with van der Waals surface area (Å²) in [6, 6.07) is 8.03. The van der Waals surface area contributed by atoms with E-state index in [9.17, 15) is 18.0 Å². The van der Waals surface area contributed by atoms with E-state index >= 15 is 0 Å². The summed E-state index contributed by atoms with van der Waals surface area (Å²) in [5, 5.41) is 0.391. The zero-order chi connectivity index (χ0) is 21.1. The molecule has 1 aromatic carbocycles. The average Bonchev–Trinajstić information content (AvgIpc) is 3.10. The van der Waals surface area contributed by atoms with Crippen LogP contribution in [0.3, 0.4) is 0 Å². The number of fused-ring (bicyclic) bond motifs is 1. The van der Waals surface area contributed by atoms with E-state index in [4.69, 9.17) is 9.47 Å². The first-order chi connectivity index (χ1) is 14.4. The summed E-state index contributed by atoms with van der Waals surface area (Å²) in [5.41, 5.74) is 0.204. The van der Waals surface area contributed by atoms with Gasteiger partial charge in [0.1, 0.15) is 0 Å². The number of hydrogen-bond donors (Lipinski definition) is 0. The molecule has 9 heteroatoms. The first kappa shape index (κ1) is 20.8. The lowest BCUT2D eigenvalue weighted by Gasteiger charge is -2.25. The molecule has 160 valence electrons. The Balaban J connectivity index is 1.41. The van der Waals surface area contributed by atoms with Crippen molar-refractivity contribution < 1.29 is 27.4 Å². The zero-order valence-electron chi connectivity index (χ0n) is 16.2. The van der Waals surface area contributed by atoms with Crippen LogP contribution in [0.4, 0.5) is 13.2 Å². The van der Waals surface area contributed by atoms with Gasteiger partial charge in [0.25, 0.3) is 0 Å². The molecule has 0 saturated carbocycles. The first-order valence-electron chi connectivity index (χ1n) is 9.77. The van der Waals surface area contributed by atoms with E-state index in [0.717, 1.165) is 54.6 Å². The number of nitrogens with zero attached hydrogens (tertiary/aromatic N) is 2. The van der Waals surface area contributed by atoms with Crippen molar-refractivity contribution in [3.8, 4) is 11.5 Å². The van der Waals surface area contributed by atoms with Gasteiger partial charge in [0.05, 0.1) is 35.6 Å². The summed E-state index contributed by atoms with van der Waals surface area (Å²) in [5.74, 6) is 1.49. The molecule has 0 radical (unpaired) electrons. The number of halogens is 3. The Kier molecular flexibility index (Phi) is 6.08. The number of hydrogen-bond acceptors (Lipinski definition) is 5. The highest BCUT2D eigenvalue weighted by Gasteiger charge is 2.32. The highest BCUT2D eigenvalue weighted by atomic mass is 32.2. The number of thioether (sulfide) groups is 1. The SMILES string of the molecule is O=C(CSc1ccc(C(F)(F)F)cn1)N1CCCC1c1ccc2c(c1)OCCCO2. The number of carbonyl (C=O) groups is 1. The molecule has 3 heterocycles. The molecule has 2 aromatic rings. The van der Waals surface area contributed by atoms with Crippen LogP contribution in [0, 0.1) is 0 Å². The Morgan fingerprint density at radius 1 is 1.13 bits per heavy atom. The van der Waals surface area contributed by atoms with Crippen molar-refractivity contribution >= 4 is 17.7 Å². The summed E-state index contributed by atoms with van der Waals surface area (Å²) >= 11 is 1.14. The van der Waals surface area contributed by atoms with Crippen LogP contribution in [0.5, 0.6) is 11.5 Å². The largest absolute Gasteiger partial charge is 0.490 e. The average molecular weight is 438 g/mol. The van der Waals surface area contributed by atoms with Gasteiger partial charge in [-0.25, -0.2) is 4.98 Å². The molecule has 30 heavy (non-hydrogen) atoms. The number of likely N-dealkylation sites (tertiary alicyclic amines) is 1. The lowest BCUT2D eigenvalue weighted by Crippen LogP contribution is -2.32. The van der Waals surface area contributed by atoms with Crippen LogP contribution < -0.4 is 9.47 Å². The number of carbonyl (C=O) groups excluding carboxylic acids is 1. The Bertz CT molecular complexity index is 905. The Morgan fingerprint density at radius 3 is 2.67 bits per heavy atom. The van der Waals surface area contributed by atoms with Crippen molar-refractivity contribution in [2.75, 3.05) is 25.5 Å². The molecule has 1 amide bonds. The third-order valence-electron chi connectivity index (χ3n) is 5.14. The van der Waals surface area contributed by atoms with Crippen LogP contribution in [0.15, 0.2) is 41.6 Å². The molecule has 5 nitrogen and oxygen atoms in total. The molecule has 1 unspecified atom stereocenters. The summed E-state index contributed by atoms with van der Waals surface area (Å²) in [6.45, 7) is 1.87. The van der Waals surface area contributed by atoms with E-state index in [0.29, 0.717) is 30.5 Å². The van der Waals surface area contributed by atoms with Gasteiger partial charge in [-0.2, -0.15) is 13.2 Å². The van der Waals surface area contributed by atoms with Crippen molar-refractivity contribution in [3.63, 3.8) is 0 Å². The normalized spacial score (nSPS) is 18.9. The molecule has 2 aliphatic rings. The second-order valence-electron chi connectivity index (χ2n) is 7.17. The second-order valence-corrected chi connectivity index (χ2v) is 8.17. The number of pyridine rings is 1. The number of benzene rings is 1. The van der Waals surface area contributed by atoms with Gasteiger partial charge in [0.15, 0.2) is 11.5 Å². The van der Waals surface area contributed by atoms with Gasteiger partial charge in [-0.05, 0) is 42.7 Å². The van der Waals surface area contributed by atoms with Crippen LogP contribution in [0.2, 0.25) is 0 Å². The quantitative estimate of drug-likeness (QED) is 0.647. The minimum absolute atomic E-state index is 0.0455. The second kappa shape index (κ2) is 8.75. The number of amides is 1. The van der Waals surface area contributed by atoms with Gasteiger partial charge in [0.2, 0.25) is 5.91 Å². The van der Waals surface area contributed by atoms with Crippen LogP contribution >= 0.6 is 11.8 Å². The van der Waals surface area contributed by atoms with E-state index in [1.54, 1.807) is 0 Å². The van der Waals surface area contributed by atoms with E-state index in [-0.39, 0.29) is 17.7 Å². The van der Waals surface area contributed by atoms with E-state index in [1.165, 1.54) is 6.07 Å². The van der Waals surface area contributed by atoms with Crippen LogP contribution in [-0.2, 0) is 11.0 Å². The van der Waals surface area contributed by atoms with Crippen molar-refractivity contribution in [1.82, 2.24) is 9.88 Å². The summed E-state index contributed by atoms with van der Waals surface area (Å²) in [4.78, 5) is 18.5. The van der Waals surface area contributed by atoms with Crippen LogP contribution in [0.25, 0.3) is 0 Å². The lowest BCUT2D eigenvalue weighted by molar-refractivity contribution is -0.138. The van der Waals surface area contributed by atoms with Crippen molar-refractivity contribution in [2.45, 2.75) is 36.5 Å². The van der Waals surface area contributed by atoms with Crippen LogP contribution in [0.1, 0.15) is 36.4 Å². The number of aromatic nitrogens is 1. The molecule has 1 saturated heterocycles. The third-order valence-corrected chi connectivity index (χ3v) is 6.07. The number of alkyl halides is 3. The van der Waals surface area contributed by atoms with Gasteiger partial charge in [0, 0.05) is 19.2 Å². The maximum Gasteiger partial charge on any atom is 0.417 e. The summed E-state index contributed by atoms with van der Waals surface area (Å²) in [7, 11) is 0. The molecule has 1 aromatic heterocycles. The smallest absolute Gasteiger partial charge is 0.417 e. The zero-order valence-corrected chi connectivity index (χ0v) is 17.0. The van der Waals surface area contributed by atoms with Gasteiger partial charge in [-0.1, -0.05) is 17.8 Å². The molecule has 1 fully saturated rings. The van der Waals surface area contributed by atoms with E-state index < -0.39 is 11.7 Å². The molecule has 0 aliphatic carbocycles. The fourth-order valence-electron chi connectivity index (χ4n) is 3.65. The summed E-state index contributed by atoms with van der Waals surface area (Å²) in [6.07, 6.45) is -1.05. The topological polar surface area (TPSA) is 51.7 Å². The molecule has 1 atom stereocenters. The van der Waals surface area contributed by atoms with Crippen molar-refractivity contribution in [3.05, 3.63) is 47.7 Å². The Morgan fingerprint density at radius 2 is 1.93 bits per heavy atom. The predicted octanol–water partition coefficient (Wildman–Crippen LogP) is 4.72. The fraction of sp³-hybridized carbons (Fsp3) is 0.429. The van der Waals surface area contributed by atoms with E-state index in [1.807, 2.05) is 23.1 Å². The standard InChI is InChI=1S/C21H21F3N2O3S/c22-21(23,24)15-5-7-19(25-12-15)30-13-20(27)26-8-1-3-16(26)14-4-6-17-18(11-14)29-10-2-9-28-17/h4-7,11-12,16H,1-3,8-10,13H2. The van der Waals surface area contributed by atoms with Crippen molar-refractivity contribution in [1.29, 1.82) is 0 Å². The number of rotatable bonds is 4. The lowest BCUT2D eigenvalue weighted by atomic mass is 10.0. The molecule has 2 aliphatic heterocycles. The predicted molar refractivity (Wildman–Crippen MR) is 106 cm³/mol. The Labute approximate surface area is 176 Å². The highest BCUT2D eigenvalue weighted by molar-refractivity contribution is 7.99. The highest BCUT2D eigenvalue weighted by Crippen LogP contribution is 2.38. The molecule has 0 bridgehead atoms.